The zero-order valence-corrected chi connectivity index (χ0v) is 19.8. The SMILES string of the molecule is Cc1ccc(OCCCC(=O)N(Cc2ccc(Cl)cc2)[C@@H](C)C(=O)NC(C)(C)C)cc1. The molecule has 1 N–H and O–H groups in total. The van der Waals surface area contributed by atoms with Gasteiger partial charge in [-0.1, -0.05) is 41.4 Å². The number of nitrogens with one attached hydrogen (secondary N) is 1. The van der Waals surface area contributed by atoms with E-state index in [0.717, 1.165) is 11.3 Å². The minimum atomic E-state index is -0.597. The maximum absolute atomic E-state index is 13.0. The highest BCUT2D eigenvalue weighted by Crippen LogP contribution is 2.16. The normalized spacial score (nSPS) is 12.2. The summed E-state index contributed by atoms with van der Waals surface area (Å²) >= 11 is 5.98. The van der Waals surface area contributed by atoms with Crippen LogP contribution < -0.4 is 10.1 Å². The third kappa shape index (κ3) is 8.62. The van der Waals surface area contributed by atoms with Gasteiger partial charge in [-0.05, 0) is 70.9 Å². The van der Waals surface area contributed by atoms with Crippen LogP contribution in [0.5, 0.6) is 5.75 Å². The largest absolute Gasteiger partial charge is 0.494 e. The van der Waals surface area contributed by atoms with Crippen LogP contribution in [0.15, 0.2) is 48.5 Å². The number of nitrogens with zero attached hydrogens (tertiary/aromatic N) is 1. The third-order valence-electron chi connectivity index (χ3n) is 4.76. The monoisotopic (exact) mass is 444 g/mol. The number of rotatable bonds is 9. The number of hydrogen-bond acceptors (Lipinski definition) is 3. The third-order valence-corrected chi connectivity index (χ3v) is 5.01. The van der Waals surface area contributed by atoms with E-state index >= 15 is 0 Å². The predicted octanol–water partition coefficient (Wildman–Crippen LogP) is 5.14. The summed E-state index contributed by atoms with van der Waals surface area (Å²) in [6, 6.07) is 14.5. The highest BCUT2D eigenvalue weighted by atomic mass is 35.5. The molecule has 0 saturated heterocycles. The number of carbonyl (C=O) groups is 2. The van der Waals surface area contributed by atoms with E-state index < -0.39 is 6.04 Å². The molecule has 5 nitrogen and oxygen atoms in total. The topological polar surface area (TPSA) is 58.6 Å². The van der Waals surface area contributed by atoms with E-state index in [1.165, 1.54) is 5.56 Å². The average molecular weight is 445 g/mol. The lowest BCUT2D eigenvalue weighted by molar-refractivity contribution is -0.141. The first kappa shape index (κ1) is 24.7. The first-order chi connectivity index (χ1) is 14.5. The minimum absolute atomic E-state index is 0.0842. The molecule has 2 aromatic rings. The lowest BCUT2D eigenvalue weighted by Crippen LogP contribution is -2.52. The summed E-state index contributed by atoms with van der Waals surface area (Å²) in [4.78, 5) is 27.4. The first-order valence-electron chi connectivity index (χ1n) is 10.6. The summed E-state index contributed by atoms with van der Waals surface area (Å²) in [5.41, 5.74) is 1.72. The second-order valence-electron chi connectivity index (χ2n) is 8.83. The van der Waals surface area contributed by atoms with Gasteiger partial charge in [0, 0.05) is 23.5 Å². The van der Waals surface area contributed by atoms with Crippen LogP contribution in [0.2, 0.25) is 5.02 Å². The number of halogens is 1. The van der Waals surface area contributed by atoms with Crippen molar-refractivity contribution in [2.24, 2.45) is 0 Å². The summed E-state index contributed by atoms with van der Waals surface area (Å²) < 4.78 is 5.73. The Morgan fingerprint density at radius 2 is 1.68 bits per heavy atom. The standard InChI is InChI=1S/C25H33ClN2O3/c1-18-8-14-22(15-9-18)31-16-6-7-23(29)28(17-20-10-12-21(26)13-11-20)19(2)24(30)27-25(3,4)5/h8-15,19H,6-7,16-17H2,1-5H3,(H,27,30)/t19-/m0/s1. The van der Waals surface area contributed by atoms with Gasteiger partial charge in [-0.15, -0.1) is 0 Å². The maximum Gasteiger partial charge on any atom is 0.242 e. The van der Waals surface area contributed by atoms with Crippen LogP contribution in [0, 0.1) is 6.92 Å². The number of hydrogen-bond donors (Lipinski definition) is 1. The molecule has 0 aliphatic carbocycles. The number of benzene rings is 2. The van der Waals surface area contributed by atoms with Crippen molar-refractivity contribution in [2.75, 3.05) is 6.61 Å². The Kier molecular flexibility index (Phi) is 8.93. The molecule has 31 heavy (non-hydrogen) atoms. The second kappa shape index (κ2) is 11.2. The van der Waals surface area contributed by atoms with Gasteiger partial charge in [0.25, 0.3) is 0 Å². The minimum Gasteiger partial charge on any atom is -0.494 e. The van der Waals surface area contributed by atoms with E-state index in [9.17, 15) is 9.59 Å². The van der Waals surface area contributed by atoms with Crippen LogP contribution in [0.1, 0.15) is 51.7 Å². The van der Waals surface area contributed by atoms with Crippen molar-refractivity contribution in [1.82, 2.24) is 10.2 Å². The molecule has 0 aliphatic heterocycles. The van der Waals surface area contributed by atoms with E-state index in [2.05, 4.69) is 5.32 Å². The van der Waals surface area contributed by atoms with Gasteiger partial charge in [0.15, 0.2) is 0 Å². The van der Waals surface area contributed by atoms with Crippen LogP contribution in [0.25, 0.3) is 0 Å². The molecule has 0 spiro atoms. The highest BCUT2D eigenvalue weighted by molar-refractivity contribution is 6.30. The zero-order valence-electron chi connectivity index (χ0n) is 19.1. The van der Waals surface area contributed by atoms with Gasteiger partial charge < -0.3 is 15.0 Å². The van der Waals surface area contributed by atoms with Crippen LogP contribution in [0.4, 0.5) is 0 Å². The summed E-state index contributed by atoms with van der Waals surface area (Å²) in [5, 5.41) is 3.60. The lowest BCUT2D eigenvalue weighted by Gasteiger charge is -2.31. The fraction of sp³-hybridized carbons (Fsp3) is 0.440. The van der Waals surface area contributed by atoms with Crippen molar-refractivity contribution in [3.8, 4) is 5.75 Å². The molecular formula is C25H33ClN2O3. The molecule has 0 radical (unpaired) electrons. The van der Waals surface area contributed by atoms with Gasteiger partial charge in [-0.3, -0.25) is 9.59 Å². The maximum atomic E-state index is 13.0. The summed E-state index contributed by atoms with van der Waals surface area (Å²) in [6.07, 6.45) is 0.865. The number of aryl methyl sites for hydroxylation is 1. The predicted molar refractivity (Wildman–Crippen MR) is 125 cm³/mol. The smallest absolute Gasteiger partial charge is 0.242 e. The number of carbonyl (C=O) groups excluding carboxylic acids is 2. The Morgan fingerprint density at radius 1 is 1.06 bits per heavy atom. The average Bonchev–Trinajstić information content (AvgIpc) is 2.70. The quantitative estimate of drug-likeness (QED) is 0.545. The fourth-order valence-corrected chi connectivity index (χ4v) is 3.16. The molecule has 2 aromatic carbocycles. The molecule has 0 aliphatic rings. The second-order valence-corrected chi connectivity index (χ2v) is 9.26. The zero-order chi connectivity index (χ0) is 23.0. The van der Waals surface area contributed by atoms with Crippen LogP contribution in [-0.4, -0.2) is 34.9 Å². The molecule has 0 heterocycles. The number of ether oxygens (including phenoxy) is 1. The molecule has 0 aromatic heterocycles. The molecular weight excluding hydrogens is 412 g/mol. The fourth-order valence-electron chi connectivity index (χ4n) is 3.03. The van der Waals surface area contributed by atoms with Crippen molar-refractivity contribution < 1.29 is 14.3 Å². The molecule has 168 valence electrons. The van der Waals surface area contributed by atoms with Crippen molar-refractivity contribution in [3.63, 3.8) is 0 Å². The van der Waals surface area contributed by atoms with Gasteiger partial charge in [0.2, 0.25) is 11.8 Å². The van der Waals surface area contributed by atoms with Gasteiger partial charge in [-0.2, -0.15) is 0 Å². The molecule has 1 atom stereocenters. The summed E-state index contributed by atoms with van der Waals surface area (Å²) in [6.45, 7) is 10.3. The number of amides is 2. The Bertz CT molecular complexity index is 858. The molecule has 0 saturated carbocycles. The van der Waals surface area contributed by atoms with Crippen molar-refractivity contribution in [3.05, 3.63) is 64.7 Å². The van der Waals surface area contributed by atoms with E-state index in [1.54, 1.807) is 24.0 Å². The van der Waals surface area contributed by atoms with E-state index in [0.29, 0.717) is 31.0 Å². The van der Waals surface area contributed by atoms with Gasteiger partial charge >= 0.3 is 0 Å². The van der Waals surface area contributed by atoms with E-state index in [4.69, 9.17) is 16.3 Å². The Labute approximate surface area is 190 Å². The van der Waals surface area contributed by atoms with Crippen LogP contribution >= 0.6 is 11.6 Å². The molecule has 0 fully saturated rings. The van der Waals surface area contributed by atoms with Crippen LogP contribution in [0.3, 0.4) is 0 Å². The summed E-state index contributed by atoms with van der Waals surface area (Å²) in [5.74, 6) is 0.527. The Morgan fingerprint density at radius 3 is 2.26 bits per heavy atom. The van der Waals surface area contributed by atoms with Crippen LogP contribution in [-0.2, 0) is 16.1 Å². The molecule has 2 amide bonds. The Balaban J connectivity index is 2.01. The Hall–Kier alpha value is -2.53. The lowest BCUT2D eigenvalue weighted by atomic mass is 10.1. The summed E-state index contributed by atoms with van der Waals surface area (Å²) in [7, 11) is 0. The van der Waals surface area contributed by atoms with Crippen molar-refractivity contribution >= 4 is 23.4 Å². The van der Waals surface area contributed by atoms with E-state index in [-0.39, 0.29) is 17.4 Å². The molecule has 2 rings (SSSR count). The van der Waals surface area contributed by atoms with Gasteiger partial charge in [0.1, 0.15) is 11.8 Å². The van der Waals surface area contributed by atoms with E-state index in [1.807, 2.05) is 64.1 Å². The van der Waals surface area contributed by atoms with Crippen molar-refractivity contribution in [1.29, 1.82) is 0 Å². The van der Waals surface area contributed by atoms with Gasteiger partial charge in [-0.25, -0.2) is 0 Å². The van der Waals surface area contributed by atoms with Gasteiger partial charge in [0.05, 0.1) is 6.61 Å². The molecule has 6 heteroatoms. The first-order valence-corrected chi connectivity index (χ1v) is 11.0. The van der Waals surface area contributed by atoms with Crippen molar-refractivity contribution in [2.45, 2.75) is 65.6 Å². The highest BCUT2D eigenvalue weighted by Gasteiger charge is 2.28. The molecule has 0 bridgehead atoms. The molecule has 0 unspecified atom stereocenters.